The monoisotopic (exact) mass is 509 g/mol. The van der Waals surface area contributed by atoms with Gasteiger partial charge in [0.25, 0.3) is 0 Å². The molecule has 6 rings (SSSR count). The zero-order chi connectivity index (χ0) is 26.1. The Bertz CT molecular complexity index is 1620. The van der Waals surface area contributed by atoms with Gasteiger partial charge >= 0.3 is 0 Å². The summed E-state index contributed by atoms with van der Waals surface area (Å²) in [6.45, 7) is 3.23. The molecule has 0 amide bonds. The third-order valence-electron chi connectivity index (χ3n) is 7.15. The number of likely N-dealkylation sites (tertiary alicyclic amines) is 1. The van der Waals surface area contributed by atoms with Crippen LogP contribution in [0.1, 0.15) is 24.8 Å². The molecule has 2 heterocycles. The second-order valence-corrected chi connectivity index (χ2v) is 9.91. The number of nitrogens with zero attached hydrogens (tertiary/aromatic N) is 4. The van der Waals surface area contributed by atoms with E-state index in [1.165, 1.54) is 49.1 Å². The van der Waals surface area contributed by atoms with Crippen molar-refractivity contribution in [3.05, 3.63) is 101 Å². The Morgan fingerprint density at radius 1 is 0.842 bits per heavy atom. The molecule has 3 aliphatic rings. The van der Waals surface area contributed by atoms with E-state index in [-0.39, 0.29) is 11.6 Å². The maximum Gasteiger partial charge on any atom is 0.123 e. The van der Waals surface area contributed by atoms with Gasteiger partial charge in [0.2, 0.25) is 0 Å². The molecule has 1 fully saturated rings. The number of aryl methyl sites for hydroxylation is 1. The van der Waals surface area contributed by atoms with Gasteiger partial charge in [-0.25, -0.2) is 18.8 Å². The topological polar surface area (TPSA) is 45.5 Å². The minimum absolute atomic E-state index is 0.300. The number of fused-ring (bicyclic) bond motifs is 2. The second kappa shape index (κ2) is 10.3. The van der Waals surface area contributed by atoms with Gasteiger partial charge in [-0.15, -0.1) is 0 Å². The molecule has 2 aliphatic heterocycles. The number of nitrogens with one attached hydrogen (secondary N) is 1. The van der Waals surface area contributed by atoms with Crippen LogP contribution in [0.15, 0.2) is 83.9 Å². The molecule has 3 aromatic rings. The molecule has 0 radical (unpaired) electrons. The lowest BCUT2D eigenvalue weighted by Gasteiger charge is -2.26. The first-order valence-corrected chi connectivity index (χ1v) is 13.0. The number of benzene rings is 4. The first kappa shape index (κ1) is 24.2. The summed E-state index contributed by atoms with van der Waals surface area (Å²) in [7, 11) is 2.03. The van der Waals surface area contributed by atoms with Crippen LogP contribution in [0.2, 0.25) is 0 Å². The lowest BCUT2D eigenvalue weighted by molar-refractivity contribution is 0.221. The molecule has 5 nitrogen and oxygen atoms in total. The normalized spacial score (nSPS) is 14.9. The van der Waals surface area contributed by atoms with E-state index < -0.39 is 0 Å². The lowest BCUT2D eigenvalue weighted by atomic mass is 10.1. The van der Waals surface area contributed by atoms with E-state index in [1.54, 1.807) is 24.3 Å². The number of halogens is 2. The van der Waals surface area contributed by atoms with Crippen LogP contribution in [0.25, 0.3) is 22.4 Å². The first-order chi connectivity index (χ1) is 18.5. The van der Waals surface area contributed by atoms with Crippen molar-refractivity contribution >= 4 is 28.1 Å². The Morgan fingerprint density at radius 3 is 2.29 bits per heavy atom. The fourth-order valence-corrected chi connectivity index (χ4v) is 5.14. The van der Waals surface area contributed by atoms with Gasteiger partial charge in [0.05, 0.1) is 39.2 Å². The van der Waals surface area contributed by atoms with E-state index in [0.29, 0.717) is 11.0 Å². The van der Waals surface area contributed by atoms with E-state index >= 15 is 0 Å². The van der Waals surface area contributed by atoms with Gasteiger partial charge in [-0.1, -0.05) is 12.5 Å². The highest BCUT2D eigenvalue weighted by atomic mass is 19.1. The summed E-state index contributed by atoms with van der Waals surface area (Å²) >= 11 is 0. The molecule has 38 heavy (non-hydrogen) atoms. The summed E-state index contributed by atoms with van der Waals surface area (Å²) < 4.78 is 29.1. The number of hydrogen-bond acceptors (Lipinski definition) is 4. The van der Waals surface area contributed by atoms with Crippen molar-refractivity contribution in [3.63, 3.8) is 0 Å². The van der Waals surface area contributed by atoms with E-state index in [1.807, 2.05) is 19.2 Å². The fraction of sp³-hybridized carbons (Fsp3) is 0.226. The SMILES string of the molecule is Cn1c2cc(=Nc3ccc(F)cc3)c(Nc3ccc(F)cc3)cc-2nc2cc(CN3CCCCC3)ccc21. The summed E-state index contributed by atoms with van der Waals surface area (Å²) in [4.78, 5) is 12.3. The summed E-state index contributed by atoms with van der Waals surface area (Å²) in [5.41, 5.74) is 7.06. The van der Waals surface area contributed by atoms with Crippen LogP contribution in [0.5, 0.6) is 0 Å². The molecule has 1 aliphatic carbocycles. The fourth-order valence-electron chi connectivity index (χ4n) is 5.14. The Hall–Kier alpha value is -4.10. The Labute approximate surface area is 220 Å². The lowest BCUT2D eigenvalue weighted by Crippen LogP contribution is -2.29. The molecule has 3 aromatic carbocycles. The number of anilines is 2. The Balaban J connectivity index is 1.47. The number of hydrogen-bond donors (Lipinski definition) is 1. The van der Waals surface area contributed by atoms with E-state index in [0.717, 1.165) is 53.4 Å². The molecule has 0 saturated carbocycles. The quantitative estimate of drug-likeness (QED) is 0.262. The molecular formula is C31H29F2N5. The van der Waals surface area contributed by atoms with Gasteiger partial charge < -0.3 is 9.88 Å². The Kier molecular flexibility index (Phi) is 6.60. The van der Waals surface area contributed by atoms with Crippen molar-refractivity contribution in [1.29, 1.82) is 0 Å². The van der Waals surface area contributed by atoms with Crippen LogP contribution in [-0.4, -0.2) is 27.5 Å². The number of rotatable bonds is 5. The van der Waals surface area contributed by atoms with Gasteiger partial charge in [0.15, 0.2) is 0 Å². The molecule has 0 unspecified atom stereocenters. The minimum Gasteiger partial charge on any atom is -0.354 e. The molecule has 1 N–H and O–H groups in total. The summed E-state index contributed by atoms with van der Waals surface area (Å²) in [6.07, 6.45) is 3.85. The first-order valence-electron chi connectivity index (χ1n) is 13.0. The minimum atomic E-state index is -0.311. The molecule has 0 atom stereocenters. The van der Waals surface area contributed by atoms with E-state index in [2.05, 4.69) is 33.0 Å². The van der Waals surface area contributed by atoms with Crippen molar-refractivity contribution in [2.45, 2.75) is 25.8 Å². The van der Waals surface area contributed by atoms with Gasteiger partial charge in [0, 0.05) is 19.3 Å². The third-order valence-corrected chi connectivity index (χ3v) is 7.15. The zero-order valence-corrected chi connectivity index (χ0v) is 21.3. The summed E-state index contributed by atoms with van der Waals surface area (Å²) in [6, 6.07) is 22.7. The van der Waals surface area contributed by atoms with Crippen LogP contribution < -0.4 is 10.7 Å². The average Bonchev–Trinajstić information content (AvgIpc) is 2.92. The summed E-state index contributed by atoms with van der Waals surface area (Å²) in [5.74, 6) is -0.611. The standard InChI is InChI=1S/C31H29F2N5/c1-37-30-14-5-21(20-38-15-3-2-4-16-38)17-28(30)36-29-18-26(34-24-10-6-22(32)7-11-24)27(19-31(29)37)35-25-12-8-23(33)9-13-25/h5-14,17-19,34H,2-4,15-16,20H2,1H3. The van der Waals surface area contributed by atoms with Crippen LogP contribution >= 0.6 is 0 Å². The molecule has 192 valence electrons. The highest BCUT2D eigenvalue weighted by Crippen LogP contribution is 2.28. The molecule has 0 aromatic heterocycles. The van der Waals surface area contributed by atoms with Crippen molar-refractivity contribution in [1.82, 2.24) is 14.5 Å². The Morgan fingerprint density at radius 2 is 1.55 bits per heavy atom. The van der Waals surface area contributed by atoms with Crippen molar-refractivity contribution in [3.8, 4) is 11.4 Å². The molecule has 0 spiro atoms. The van der Waals surface area contributed by atoms with Gasteiger partial charge in [-0.05, 0) is 104 Å². The predicted octanol–water partition coefficient (Wildman–Crippen LogP) is 6.92. The van der Waals surface area contributed by atoms with E-state index in [9.17, 15) is 8.78 Å². The van der Waals surface area contributed by atoms with Crippen LogP contribution in [0, 0.1) is 11.6 Å². The maximum absolute atomic E-state index is 13.5. The highest BCUT2D eigenvalue weighted by molar-refractivity contribution is 5.82. The van der Waals surface area contributed by atoms with Crippen LogP contribution in [0.3, 0.4) is 0 Å². The molecule has 7 heteroatoms. The molecule has 0 bridgehead atoms. The number of piperidine rings is 1. The zero-order valence-electron chi connectivity index (χ0n) is 21.3. The average molecular weight is 510 g/mol. The highest BCUT2D eigenvalue weighted by Gasteiger charge is 2.16. The van der Waals surface area contributed by atoms with Gasteiger partial charge in [-0.3, -0.25) is 4.90 Å². The van der Waals surface area contributed by atoms with Gasteiger partial charge in [-0.2, -0.15) is 0 Å². The van der Waals surface area contributed by atoms with Crippen molar-refractivity contribution in [2.75, 3.05) is 18.4 Å². The number of aromatic nitrogens is 2. The maximum atomic E-state index is 13.5. The van der Waals surface area contributed by atoms with Gasteiger partial charge in [0.1, 0.15) is 11.6 Å². The smallest absolute Gasteiger partial charge is 0.123 e. The molecule has 1 saturated heterocycles. The van der Waals surface area contributed by atoms with Crippen molar-refractivity contribution < 1.29 is 8.78 Å². The second-order valence-electron chi connectivity index (χ2n) is 9.91. The van der Waals surface area contributed by atoms with E-state index in [4.69, 9.17) is 9.98 Å². The van der Waals surface area contributed by atoms with Crippen molar-refractivity contribution in [2.24, 2.45) is 12.0 Å². The predicted molar refractivity (Wildman–Crippen MR) is 148 cm³/mol. The third kappa shape index (κ3) is 5.15. The van der Waals surface area contributed by atoms with Crippen LogP contribution in [0.4, 0.5) is 25.8 Å². The largest absolute Gasteiger partial charge is 0.354 e. The molecular weight excluding hydrogens is 480 g/mol. The van der Waals surface area contributed by atoms with Crippen LogP contribution in [-0.2, 0) is 13.6 Å². The summed E-state index contributed by atoms with van der Waals surface area (Å²) in [5, 5.41) is 4.04.